The van der Waals surface area contributed by atoms with Crippen LogP contribution in [0.4, 0.5) is 0 Å². The zero-order valence-electron chi connectivity index (χ0n) is 14.7. The molecule has 1 aromatic heterocycles. The Bertz CT molecular complexity index is 629. The Hall–Kier alpha value is -2.28. The van der Waals surface area contributed by atoms with Crippen molar-refractivity contribution in [3.8, 4) is 5.75 Å². The summed E-state index contributed by atoms with van der Waals surface area (Å²) in [6.45, 7) is 4.44. The van der Waals surface area contributed by atoms with Crippen LogP contribution in [0.25, 0.3) is 0 Å². The summed E-state index contributed by atoms with van der Waals surface area (Å²) < 4.78 is 7.81. The maximum Gasteiger partial charge on any atom is 0.191 e. The third-order valence-corrected chi connectivity index (χ3v) is 3.79. The Morgan fingerprint density at radius 3 is 2.60 bits per heavy atom. The van der Waals surface area contributed by atoms with Crippen molar-refractivity contribution in [2.45, 2.75) is 32.4 Å². The summed E-state index contributed by atoms with van der Waals surface area (Å²) in [6.07, 6.45) is 5.56. The van der Waals surface area contributed by atoms with Crippen LogP contribution in [-0.4, -0.2) is 47.0 Å². The van der Waals surface area contributed by atoms with Crippen LogP contribution in [0.1, 0.15) is 19.8 Å². The van der Waals surface area contributed by atoms with Gasteiger partial charge in [-0.15, -0.1) is 10.2 Å². The van der Waals surface area contributed by atoms with Gasteiger partial charge in [0, 0.05) is 25.2 Å². The molecule has 0 radical (unpaired) electrons. The molecule has 25 heavy (non-hydrogen) atoms. The third kappa shape index (κ3) is 7.43. The fourth-order valence-electron chi connectivity index (χ4n) is 2.21. The number of unbranched alkanes of at least 4 members (excludes halogenated alkanes) is 1. The highest BCUT2D eigenvalue weighted by molar-refractivity contribution is 6.30. The molecule has 0 fully saturated rings. The van der Waals surface area contributed by atoms with E-state index in [2.05, 4.69) is 25.8 Å². The fourth-order valence-corrected chi connectivity index (χ4v) is 2.34. The van der Waals surface area contributed by atoms with Crippen LogP contribution in [0.3, 0.4) is 0 Å². The summed E-state index contributed by atoms with van der Waals surface area (Å²) >= 11 is 5.87. The number of halogens is 1. The molecule has 0 saturated carbocycles. The van der Waals surface area contributed by atoms with Gasteiger partial charge in [-0.2, -0.15) is 0 Å². The van der Waals surface area contributed by atoms with E-state index in [0.29, 0.717) is 11.6 Å². The Kier molecular flexibility index (Phi) is 8.04. The number of hydrogen-bond acceptors (Lipinski definition) is 4. The SMILES string of the molecule is CN=C(NCCCCn1cnnc1)NCC(C)Oc1ccc(Cl)cc1. The first-order chi connectivity index (χ1) is 12.2. The Morgan fingerprint density at radius 2 is 1.92 bits per heavy atom. The van der Waals surface area contributed by atoms with Gasteiger partial charge in [-0.3, -0.25) is 4.99 Å². The molecule has 1 heterocycles. The van der Waals surface area contributed by atoms with Crippen LogP contribution in [0.2, 0.25) is 5.02 Å². The van der Waals surface area contributed by atoms with E-state index in [0.717, 1.165) is 37.6 Å². The molecule has 0 amide bonds. The summed E-state index contributed by atoms with van der Waals surface area (Å²) in [6, 6.07) is 7.36. The maximum atomic E-state index is 5.87. The molecule has 0 saturated heterocycles. The molecule has 8 heteroatoms. The minimum absolute atomic E-state index is 0.00784. The lowest BCUT2D eigenvalue weighted by Crippen LogP contribution is -2.42. The van der Waals surface area contributed by atoms with E-state index in [4.69, 9.17) is 16.3 Å². The highest BCUT2D eigenvalue weighted by Crippen LogP contribution is 2.16. The number of benzene rings is 1. The second-order valence-corrected chi connectivity index (χ2v) is 6.11. The first-order valence-corrected chi connectivity index (χ1v) is 8.74. The van der Waals surface area contributed by atoms with Gasteiger partial charge in [-0.25, -0.2) is 0 Å². The number of aryl methyl sites for hydroxylation is 1. The van der Waals surface area contributed by atoms with Crippen LogP contribution in [0.15, 0.2) is 41.9 Å². The number of hydrogen-bond donors (Lipinski definition) is 2. The van der Waals surface area contributed by atoms with Crippen molar-refractivity contribution in [3.63, 3.8) is 0 Å². The molecule has 7 nitrogen and oxygen atoms in total. The first kappa shape index (κ1) is 19.1. The molecule has 2 N–H and O–H groups in total. The van der Waals surface area contributed by atoms with Crippen molar-refractivity contribution in [3.05, 3.63) is 41.9 Å². The molecular formula is C17H25ClN6O. The summed E-state index contributed by atoms with van der Waals surface area (Å²) in [4.78, 5) is 4.22. The zero-order valence-corrected chi connectivity index (χ0v) is 15.4. The van der Waals surface area contributed by atoms with Crippen molar-refractivity contribution < 1.29 is 4.74 Å². The second-order valence-electron chi connectivity index (χ2n) is 5.67. The molecule has 1 atom stereocenters. The monoisotopic (exact) mass is 364 g/mol. The molecule has 0 bridgehead atoms. The van der Waals surface area contributed by atoms with E-state index in [-0.39, 0.29) is 6.10 Å². The van der Waals surface area contributed by atoms with Gasteiger partial charge >= 0.3 is 0 Å². The highest BCUT2D eigenvalue weighted by atomic mass is 35.5. The van der Waals surface area contributed by atoms with Crippen molar-refractivity contribution in [1.29, 1.82) is 0 Å². The molecule has 0 spiro atoms. The lowest BCUT2D eigenvalue weighted by atomic mass is 10.3. The molecule has 136 valence electrons. The van der Waals surface area contributed by atoms with E-state index in [1.54, 1.807) is 19.7 Å². The summed E-state index contributed by atoms with van der Waals surface area (Å²) in [5.74, 6) is 1.58. The number of guanidine groups is 1. The summed E-state index contributed by atoms with van der Waals surface area (Å²) in [5, 5.41) is 14.8. The number of nitrogens with zero attached hydrogens (tertiary/aromatic N) is 4. The molecule has 1 aromatic carbocycles. The number of rotatable bonds is 9. The van der Waals surface area contributed by atoms with Gasteiger partial charge in [-0.1, -0.05) is 11.6 Å². The minimum Gasteiger partial charge on any atom is -0.489 e. The number of nitrogens with one attached hydrogen (secondary N) is 2. The Balaban J connectivity index is 1.59. The molecule has 0 aliphatic heterocycles. The molecule has 0 aliphatic rings. The smallest absolute Gasteiger partial charge is 0.191 e. The van der Waals surface area contributed by atoms with Crippen molar-refractivity contribution in [1.82, 2.24) is 25.4 Å². The largest absolute Gasteiger partial charge is 0.489 e. The van der Waals surface area contributed by atoms with Crippen LogP contribution < -0.4 is 15.4 Å². The maximum absolute atomic E-state index is 5.87. The van der Waals surface area contributed by atoms with E-state index in [9.17, 15) is 0 Å². The van der Waals surface area contributed by atoms with Crippen LogP contribution in [0, 0.1) is 0 Å². The number of ether oxygens (including phenoxy) is 1. The normalized spacial score (nSPS) is 12.7. The van der Waals surface area contributed by atoms with E-state index in [1.165, 1.54) is 0 Å². The van der Waals surface area contributed by atoms with Crippen molar-refractivity contribution in [2.75, 3.05) is 20.1 Å². The van der Waals surface area contributed by atoms with E-state index in [1.807, 2.05) is 35.8 Å². The standard InChI is InChI=1S/C17H25ClN6O/c1-14(25-16-7-5-15(18)6-8-16)11-21-17(19-2)20-9-3-4-10-24-12-22-23-13-24/h5-8,12-14H,3-4,9-11H2,1-2H3,(H2,19,20,21). The second kappa shape index (κ2) is 10.6. The van der Waals surface area contributed by atoms with Gasteiger partial charge in [0.05, 0.1) is 6.54 Å². The fraction of sp³-hybridized carbons (Fsp3) is 0.471. The molecular weight excluding hydrogens is 340 g/mol. The van der Waals surface area contributed by atoms with Gasteiger partial charge < -0.3 is 19.9 Å². The van der Waals surface area contributed by atoms with Gasteiger partial charge in [0.15, 0.2) is 5.96 Å². The van der Waals surface area contributed by atoms with E-state index >= 15 is 0 Å². The third-order valence-electron chi connectivity index (χ3n) is 3.53. The van der Waals surface area contributed by atoms with Crippen LogP contribution in [0.5, 0.6) is 5.75 Å². The van der Waals surface area contributed by atoms with E-state index < -0.39 is 0 Å². The summed E-state index contributed by atoms with van der Waals surface area (Å²) in [7, 11) is 1.76. The quantitative estimate of drug-likeness (QED) is 0.406. The lowest BCUT2D eigenvalue weighted by molar-refractivity contribution is 0.224. The summed E-state index contributed by atoms with van der Waals surface area (Å²) in [5.41, 5.74) is 0. The van der Waals surface area contributed by atoms with Gasteiger partial charge in [0.2, 0.25) is 0 Å². The lowest BCUT2D eigenvalue weighted by Gasteiger charge is -2.17. The predicted octanol–water partition coefficient (Wildman–Crippen LogP) is 2.34. The molecule has 0 aliphatic carbocycles. The van der Waals surface area contributed by atoms with Gasteiger partial charge in [0.25, 0.3) is 0 Å². The number of aromatic nitrogens is 3. The minimum atomic E-state index is 0.00784. The predicted molar refractivity (Wildman–Crippen MR) is 100 cm³/mol. The average Bonchev–Trinajstić information content (AvgIpc) is 3.13. The molecule has 1 unspecified atom stereocenters. The highest BCUT2D eigenvalue weighted by Gasteiger charge is 2.05. The van der Waals surface area contributed by atoms with Crippen molar-refractivity contribution >= 4 is 17.6 Å². The first-order valence-electron chi connectivity index (χ1n) is 8.36. The topological polar surface area (TPSA) is 76.4 Å². The van der Waals surface area contributed by atoms with Crippen molar-refractivity contribution in [2.24, 2.45) is 4.99 Å². The Morgan fingerprint density at radius 1 is 1.20 bits per heavy atom. The number of aliphatic imine (C=N–C) groups is 1. The van der Waals surface area contributed by atoms with Crippen LogP contribution in [-0.2, 0) is 6.54 Å². The average molecular weight is 365 g/mol. The Labute approximate surface area is 153 Å². The van der Waals surface area contributed by atoms with Gasteiger partial charge in [0.1, 0.15) is 24.5 Å². The van der Waals surface area contributed by atoms with Crippen LogP contribution >= 0.6 is 11.6 Å². The van der Waals surface area contributed by atoms with Gasteiger partial charge in [-0.05, 0) is 44.0 Å². The molecule has 2 aromatic rings. The molecule has 2 rings (SSSR count). The zero-order chi connectivity index (χ0) is 17.9.